The maximum Gasteiger partial charge on any atom is 0.254 e. The molecule has 5 nitrogen and oxygen atoms in total. The molecule has 1 atom stereocenters. The van der Waals surface area contributed by atoms with Crippen LogP contribution in [0.4, 0.5) is 0 Å². The van der Waals surface area contributed by atoms with Crippen LogP contribution in [0, 0.1) is 0 Å². The van der Waals surface area contributed by atoms with Gasteiger partial charge in [-0.3, -0.25) is 4.79 Å². The number of pyridine rings is 1. The Bertz CT molecular complexity index is 703. The molecule has 0 bridgehead atoms. The Hall–Kier alpha value is -1.89. The van der Waals surface area contributed by atoms with Gasteiger partial charge in [0.1, 0.15) is 5.03 Å². The van der Waals surface area contributed by atoms with Gasteiger partial charge in [0.05, 0.1) is 11.2 Å². The first kappa shape index (κ1) is 17.9. The average Bonchev–Trinajstić information content (AvgIpc) is 3.08. The normalized spacial score (nSPS) is 19.7. The van der Waals surface area contributed by atoms with Crippen LogP contribution in [0.1, 0.15) is 22.3 Å². The highest BCUT2D eigenvalue weighted by Crippen LogP contribution is 2.21. The van der Waals surface area contributed by atoms with Crippen molar-refractivity contribution in [3.05, 3.63) is 59.8 Å². The maximum absolute atomic E-state index is 12.5. The number of nitrogens with one attached hydrogen (secondary N) is 2. The molecule has 0 aliphatic carbocycles. The zero-order chi connectivity index (χ0) is 17.5. The topological polar surface area (TPSA) is 74.2 Å². The Morgan fingerprint density at radius 2 is 2.12 bits per heavy atom. The van der Waals surface area contributed by atoms with E-state index >= 15 is 0 Å². The quantitative estimate of drug-likeness (QED) is 0.660. The number of aliphatic hydroxyl groups is 1. The number of aromatic nitrogens is 1. The van der Waals surface area contributed by atoms with Gasteiger partial charge in [0.15, 0.2) is 0 Å². The van der Waals surface area contributed by atoms with Crippen molar-refractivity contribution in [1.29, 1.82) is 0 Å². The predicted molar refractivity (Wildman–Crippen MR) is 99.9 cm³/mol. The first-order valence-electron chi connectivity index (χ1n) is 8.49. The molecule has 0 saturated carbocycles. The molecular weight excluding hydrogens is 334 g/mol. The van der Waals surface area contributed by atoms with Crippen molar-refractivity contribution in [1.82, 2.24) is 15.6 Å². The zero-order valence-electron chi connectivity index (χ0n) is 14.1. The summed E-state index contributed by atoms with van der Waals surface area (Å²) in [6, 6.07) is 13.8. The summed E-state index contributed by atoms with van der Waals surface area (Å²) in [7, 11) is 0. The van der Waals surface area contributed by atoms with Gasteiger partial charge in [-0.25, -0.2) is 4.98 Å². The van der Waals surface area contributed by atoms with Crippen molar-refractivity contribution in [2.75, 3.05) is 25.4 Å². The fraction of sp³-hybridized carbons (Fsp3) is 0.368. The number of rotatable bonds is 7. The lowest BCUT2D eigenvalue weighted by atomic mass is 10.0. The minimum absolute atomic E-state index is 0.185. The van der Waals surface area contributed by atoms with E-state index in [0.29, 0.717) is 18.5 Å². The van der Waals surface area contributed by atoms with Gasteiger partial charge in [0, 0.05) is 25.0 Å². The molecule has 2 heterocycles. The van der Waals surface area contributed by atoms with Gasteiger partial charge in [0.2, 0.25) is 0 Å². The van der Waals surface area contributed by atoms with Crippen LogP contribution >= 0.6 is 11.8 Å². The summed E-state index contributed by atoms with van der Waals surface area (Å²) in [5.41, 5.74) is 0.987. The summed E-state index contributed by atoms with van der Waals surface area (Å²) >= 11 is 1.58. The number of carbonyl (C=O) groups excluding carboxylic acids is 1. The summed E-state index contributed by atoms with van der Waals surface area (Å²) in [6.07, 6.45) is 3.28. The number of β-amino-alcohol motifs (C(OH)–C–C–N with tert-alkyl or cyclic N) is 1. The van der Waals surface area contributed by atoms with E-state index in [9.17, 15) is 9.90 Å². The lowest BCUT2D eigenvalue weighted by Gasteiger charge is -2.21. The van der Waals surface area contributed by atoms with Crippen LogP contribution in [-0.2, 0) is 6.42 Å². The average molecular weight is 357 g/mol. The lowest BCUT2D eigenvalue weighted by Crippen LogP contribution is -2.44. The van der Waals surface area contributed by atoms with Gasteiger partial charge in [-0.1, -0.05) is 30.3 Å². The molecular formula is C19H23N3O2S. The molecule has 1 saturated heterocycles. The van der Waals surface area contributed by atoms with E-state index < -0.39 is 5.60 Å². The Morgan fingerprint density at radius 1 is 1.28 bits per heavy atom. The fourth-order valence-electron chi connectivity index (χ4n) is 2.81. The SMILES string of the molecule is O=C(NC[C@]1(O)CCNC1)c1cccnc1SCCc1ccccc1. The summed E-state index contributed by atoms with van der Waals surface area (Å²) < 4.78 is 0. The van der Waals surface area contributed by atoms with E-state index in [0.717, 1.165) is 23.7 Å². The molecule has 3 rings (SSSR count). The molecule has 6 heteroatoms. The number of hydrogen-bond donors (Lipinski definition) is 3. The Balaban J connectivity index is 1.57. The van der Waals surface area contributed by atoms with Crippen LogP contribution in [0.2, 0.25) is 0 Å². The summed E-state index contributed by atoms with van der Waals surface area (Å²) in [5.74, 6) is 0.672. The molecule has 1 aliphatic rings. The van der Waals surface area contributed by atoms with Crippen molar-refractivity contribution < 1.29 is 9.90 Å². The smallest absolute Gasteiger partial charge is 0.254 e. The highest BCUT2D eigenvalue weighted by atomic mass is 32.2. The minimum Gasteiger partial charge on any atom is -0.387 e. The van der Waals surface area contributed by atoms with Gasteiger partial charge in [0.25, 0.3) is 5.91 Å². The van der Waals surface area contributed by atoms with Gasteiger partial charge < -0.3 is 15.7 Å². The molecule has 3 N–H and O–H groups in total. The number of carbonyl (C=O) groups is 1. The highest BCUT2D eigenvalue weighted by molar-refractivity contribution is 7.99. The first-order chi connectivity index (χ1) is 12.2. The number of nitrogens with zero attached hydrogens (tertiary/aromatic N) is 1. The Morgan fingerprint density at radius 3 is 2.88 bits per heavy atom. The molecule has 2 aromatic rings. The van der Waals surface area contributed by atoms with Crippen molar-refractivity contribution in [2.24, 2.45) is 0 Å². The van der Waals surface area contributed by atoms with E-state index in [1.165, 1.54) is 5.56 Å². The van der Waals surface area contributed by atoms with Gasteiger partial charge in [-0.2, -0.15) is 0 Å². The monoisotopic (exact) mass is 357 g/mol. The van der Waals surface area contributed by atoms with Crippen LogP contribution < -0.4 is 10.6 Å². The molecule has 0 unspecified atom stereocenters. The third-order valence-electron chi connectivity index (χ3n) is 4.29. The molecule has 132 valence electrons. The second-order valence-electron chi connectivity index (χ2n) is 6.27. The number of thioether (sulfide) groups is 1. The van der Waals surface area contributed by atoms with Crippen molar-refractivity contribution in [3.63, 3.8) is 0 Å². The van der Waals surface area contributed by atoms with Crippen LogP contribution in [0.3, 0.4) is 0 Å². The number of benzene rings is 1. The number of amides is 1. The molecule has 1 aromatic heterocycles. The summed E-state index contributed by atoms with van der Waals surface area (Å²) in [4.78, 5) is 16.9. The van der Waals surface area contributed by atoms with Crippen LogP contribution in [-0.4, -0.2) is 47.0 Å². The second kappa shape index (κ2) is 8.47. The molecule has 1 aromatic carbocycles. The number of aryl methyl sites for hydroxylation is 1. The fourth-order valence-corrected chi connectivity index (χ4v) is 3.79. The van der Waals surface area contributed by atoms with Gasteiger partial charge in [-0.15, -0.1) is 11.8 Å². The van der Waals surface area contributed by atoms with E-state index in [2.05, 4.69) is 27.8 Å². The third kappa shape index (κ3) is 5.04. The molecule has 0 radical (unpaired) electrons. The van der Waals surface area contributed by atoms with Crippen molar-refractivity contribution >= 4 is 17.7 Å². The van der Waals surface area contributed by atoms with E-state index in [1.54, 1.807) is 30.1 Å². The molecule has 1 amide bonds. The number of hydrogen-bond acceptors (Lipinski definition) is 5. The Kier molecular flexibility index (Phi) is 6.07. The van der Waals surface area contributed by atoms with E-state index in [1.807, 2.05) is 18.2 Å². The van der Waals surface area contributed by atoms with Gasteiger partial charge >= 0.3 is 0 Å². The molecule has 0 spiro atoms. The standard InChI is InChI=1S/C19H23N3O2S/c23-17(22-14-19(24)9-11-20-13-19)16-7-4-10-21-18(16)25-12-8-15-5-2-1-3-6-15/h1-7,10,20,24H,8-9,11-14H2,(H,22,23)/t19-/m0/s1. The van der Waals surface area contributed by atoms with Gasteiger partial charge in [-0.05, 0) is 37.1 Å². The third-order valence-corrected chi connectivity index (χ3v) is 5.29. The second-order valence-corrected chi connectivity index (χ2v) is 7.36. The zero-order valence-corrected chi connectivity index (χ0v) is 14.9. The van der Waals surface area contributed by atoms with Crippen LogP contribution in [0.5, 0.6) is 0 Å². The first-order valence-corrected chi connectivity index (χ1v) is 9.48. The Labute approximate surface area is 152 Å². The van der Waals surface area contributed by atoms with Crippen molar-refractivity contribution in [2.45, 2.75) is 23.5 Å². The maximum atomic E-state index is 12.5. The largest absolute Gasteiger partial charge is 0.387 e. The van der Waals surface area contributed by atoms with Crippen LogP contribution in [0.15, 0.2) is 53.7 Å². The van der Waals surface area contributed by atoms with E-state index in [4.69, 9.17) is 0 Å². The molecule has 25 heavy (non-hydrogen) atoms. The predicted octanol–water partition coefficient (Wildman–Crippen LogP) is 1.87. The highest BCUT2D eigenvalue weighted by Gasteiger charge is 2.31. The lowest BCUT2D eigenvalue weighted by molar-refractivity contribution is 0.0560. The van der Waals surface area contributed by atoms with Crippen LogP contribution in [0.25, 0.3) is 0 Å². The molecule has 1 fully saturated rings. The minimum atomic E-state index is -0.849. The van der Waals surface area contributed by atoms with E-state index in [-0.39, 0.29) is 12.5 Å². The summed E-state index contributed by atoms with van der Waals surface area (Å²) in [5, 5.41) is 17.0. The summed E-state index contributed by atoms with van der Waals surface area (Å²) in [6.45, 7) is 1.54. The molecule has 1 aliphatic heterocycles. The van der Waals surface area contributed by atoms with Crippen molar-refractivity contribution in [3.8, 4) is 0 Å².